The molecule has 0 atom stereocenters. The number of nitrogens with zero attached hydrogens (tertiary/aromatic N) is 1. The second-order valence-corrected chi connectivity index (χ2v) is 6.55. The lowest BCUT2D eigenvalue weighted by Crippen LogP contribution is -2.45. The fraction of sp³-hybridized carbons (Fsp3) is 0.625. The lowest BCUT2D eigenvalue weighted by molar-refractivity contribution is -0.274. The van der Waals surface area contributed by atoms with E-state index in [1.54, 1.807) is 12.1 Å². The summed E-state index contributed by atoms with van der Waals surface area (Å²) in [6.45, 7) is 8.66. The molecule has 2 nitrogen and oxygen atoms in total. The smallest absolute Gasteiger partial charge is 0.406 e. The minimum Gasteiger partial charge on any atom is -0.406 e. The minimum absolute atomic E-state index is 0.154. The summed E-state index contributed by atoms with van der Waals surface area (Å²) in [5.74, 6) is 0.266. The zero-order valence-electron chi connectivity index (χ0n) is 12.7. The SMILES string of the molecule is CC(C)(C)N1CCC(c2ccc(OC(F)(F)F)cc2)CC1. The predicted octanol–water partition coefficient (Wildman–Crippen LogP) is 4.56. The largest absolute Gasteiger partial charge is 0.573 e. The van der Waals surface area contributed by atoms with Gasteiger partial charge in [0.05, 0.1) is 0 Å². The van der Waals surface area contributed by atoms with Gasteiger partial charge in [-0.1, -0.05) is 12.1 Å². The van der Waals surface area contributed by atoms with E-state index in [1.807, 2.05) is 0 Å². The first kappa shape index (κ1) is 16.1. The Hall–Kier alpha value is -1.23. The first-order chi connectivity index (χ1) is 9.65. The van der Waals surface area contributed by atoms with Gasteiger partial charge in [-0.15, -0.1) is 13.2 Å². The predicted molar refractivity (Wildman–Crippen MR) is 76.4 cm³/mol. The van der Waals surface area contributed by atoms with Crippen molar-refractivity contribution >= 4 is 0 Å². The molecular weight excluding hydrogens is 279 g/mol. The highest BCUT2D eigenvalue weighted by atomic mass is 19.4. The second kappa shape index (κ2) is 5.87. The molecule has 0 spiro atoms. The van der Waals surface area contributed by atoms with Crippen LogP contribution in [0.3, 0.4) is 0 Å². The van der Waals surface area contributed by atoms with Gasteiger partial charge in [-0.3, -0.25) is 4.90 Å². The summed E-state index contributed by atoms with van der Waals surface area (Å²) in [6, 6.07) is 6.30. The number of halogens is 3. The van der Waals surface area contributed by atoms with Gasteiger partial charge in [0.25, 0.3) is 0 Å². The number of ether oxygens (including phenoxy) is 1. The fourth-order valence-electron chi connectivity index (χ4n) is 2.83. The van der Waals surface area contributed by atoms with Gasteiger partial charge in [-0.2, -0.15) is 0 Å². The third kappa shape index (κ3) is 4.63. The lowest BCUT2D eigenvalue weighted by Gasteiger charge is -2.41. The zero-order valence-corrected chi connectivity index (χ0v) is 12.7. The molecule has 0 bridgehead atoms. The summed E-state index contributed by atoms with van der Waals surface area (Å²) in [5.41, 5.74) is 1.27. The van der Waals surface area contributed by atoms with Crippen molar-refractivity contribution < 1.29 is 17.9 Å². The van der Waals surface area contributed by atoms with Crippen molar-refractivity contribution in [1.82, 2.24) is 4.90 Å². The van der Waals surface area contributed by atoms with Gasteiger partial charge in [0.15, 0.2) is 0 Å². The standard InChI is InChI=1S/C16H22F3NO/c1-15(2,3)20-10-8-13(9-11-20)12-4-6-14(7-5-12)21-16(17,18)19/h4-7,13H,8-11H2,1-3H3. The van der Waals surface area contributed by atoms with Crippen LogP contribution in [0.15, 0.2) is 24.3 Å². The quantitative estimate of drug-likeness (QED) is 0.794. The maximum atomic E-state index is 12.1. The molecule has 1 saturated heterocycles. The molecular formula is C16H22F3NO. The fourth-order valence-corrected chi connectivity index (χ4v) is 2.83. The maximum absolute atomic E-state index is 12.1. The van der Waals surface area contributed by atoms with Gasteiger partial charge in [0.2, 0.25) is 0 Å². The van der Waals surface area contributed by atoms with E-state index in [1.165, 1.54) is 12.1 Å². The van der Waals surface area contributed by atoms with Crippen molar-refractivity contribution in [3.05, 3.63) is 29.8 Å². The Kier molecular flexibility index (Phi) is 4.51. The van der Waals surface area contributed by atoms with Gasteiger partial charge < -0.3 is 4.74 Å². The van der Waals surface area contributed by atoms with Crippen LogP contribution in [0, 0.1) is 0 Å². The van der Waals surface area contributed by atoms with Crippen LogP contribution >= 0.6 is 0 Å². The molecule has 0 N–H and O–H groups in total. The third-order valence-corrected chi connectivity index (χ3v) is 4.03. The van der Waals surface area contributed by atoms with Crippen LogP contribution in [-0.4, -0.2) is 29.9 Å². The molecule has 1 fully saturated rings. The molecule has 0 radical (unpaired) electrons. The van der Waals surface area contributed by atoms with E-state index >= 15 is 0 Å². The van der Waals surface area contributed by atoms with Crippen molar-refractivity contribution in [2.75, 3.05) is 13.1 Å². The van der Waals surface area contributed by atoms with Gasteiger partial charge in [0, 0.05) is 5.54 Å². The van der Waals surface area contributed by atoms with E-state index in [2.05, 4.69) is 30.4 Å². The number of hydrogen-bond acceptors (Lipinski definition) is 2. The Morgan fingerprint density at radius 1 is 1.00 bits per heavy atom. The molecule has 1 aliphatic heterocycles. The first-order valence-electron chi connectivity index (χ1n) is 7.26. The molecule has 21 heavy (non-hydrogen) atoms. The average molecular weight is 301 g/mol. The number of rotatable bonds is 2. The van der Waals surface area contributed by atoms with Gasteiger partial charge in [-0.25, -0.2) is 0 Å². The molecule has 0 aliphatic carbocycles. The molecule has 0 unspecified atom stereocenters. The summed E-state index contributed by atoms with van der Waals surface area (Å²) in [5, 5.41) is 0. The highest BCUT2D eigenvalue weighted by molar-refractivity contribution is 5.30. The topological polar surface area (TPSA) is 12.5 Å². The third-order valence-electron chi connectivity index (χ3n) is 4.03. The van der Waals surface area contributed by atoms with E-state index in [-0.39, 0.29) is 11.3 Å². The highest BCUT2D eigenvalue weighted by Crippen LogP contribution is 2.32. The molecule has 0 amide bonds. The van der Waals surface area contributed by atoms with Gasteiger partial charge in [-0.05, 0) is 70.3 Å². The summed E-state index contributed by atoms with van der Waals surface area (Å²) in [6.07, 6.45) is -2.55. The molecule has 2 rings (SSSR count). The Labute approximate surface area is 123 Å². The maximum Gasteiger partial charge on any atom is 0.573 e. The second-order valence-electron chi connectivity index (χ2n) is 6.55. The molecule has 118 valence electrons. The van der Waals surface area contributed by atoms with Crippen LogP contribution < -0.4 is 4.74 Å². The van der Waals surface area contributed by atoms with Crippen LogP contribution in [0.1, 0.15) is 45.1 Å². The van der Waals surface area contributed by atoms with Crippen LogP contribution in [0.4, 0.5) is 13.2 Å². The van der Waals surface area contributed by atoms with Crippen molar-refractivity contribution in [3.63, 3.8) is 0 Å². The van der Waals surface area contributed by atoms with Crippen LogP contribution in [0.25, 0.3) is 0 Å². The number of likely N-dealkylation sites (tertiary alicyclic amines) is 1. The summed E-state index contributed by atoms with van der Waals surface area (Å²) >= 11 is 0. The number of piperidine rings is 1. The summed E-state index contributed by atoms with van der Waals surface area (Å²) in [7, 11) is 0. The van der Waals surface area contributed by atoms with Crippen molar-refractivity contribution in [3.8, 4) is 5.75 Å². The molecule has 5 heteroatoms. The van der Waals surface area contributed by atoms with Crippen molar-refractivity contribution in [2.24, 2.45) is 0 Å². The highest BCUT2D eigenvalue weighted by Gasteiger charge is 2.31. The Morgan fingerprint density at radius 2 is 1.52 bits per heavy atom. The van der Waals surface area contributed by atoms with Crippen LogP contribution in [-0.2, 0) is 0 Å². The van der Waals surface area contributed by atoms with Crippen molar-refractivity contribution in [2.45, 2.75) is 51.4 Å². The van der Waals surface area contributed by atoms with Gasteiger partial charge >= 0.3 is 6.36 Å². The van der Waals surface area contributed by atoms with Crippen LogP contribution in [0.2, 0.25) is 0 Å². The summed E-state index contributed by atoms with van der Waals surface area (Å²) < 4.78 is 40.3. The molecule has 1 aliphatic rings. The molecule has 1 aromatic carbocycles. The Bertz CT molecular complexity index is 454. The average Bonchev–Trinajstić information content (AvgIpc) is 2.37. The number of alkyl halides is 3. The molecule has 0 saturated carbocycles. The number of hydrogen-bond donors (Lipinski definition) is 0. The van der Waals surface area contributed by atoms with Crippen LogP contribution in [0.5, 0.6) is 5.75 Å². The van der Waals surface area contributed by atoms with E-state index in [0.717, 1.165) is 31.5 Å². The minimum atomic E-state index is -4.63. The Morgan fingerprint density at radius 3 is 1.95 bits per heavy atom. The summed E-state index contributed by atoms with van der Waals surface area (Å²) in [4.78, 5) is 2.45. The van der Waals surface area contributed by atoms with Crippen molar-refractivity contribution in [1.29, 1.82) is 0 Å². The van der Waals surface area contributed by atoms with E-state index < -0.39 is 6.36 Å². The zero-order chi connectivity index (χ0) is 15.7. The normalized spacial score (nSPS) is 18.8. The van der Waals surface area contributed by atoms with E-state index in [9.17, 15) is 13.2 Å². The van der Waals surface area contributed by atoms with Gasteiger partial charge in [0.1, 0.15) is 5.75 Å². The van der Waals surface area contributed by atoms with E-state index in [0.29, 0.717) is 5.92 Å². The molecule has 0 aromatic heterocycles. The first-order valence-corrected chi connectivity index (χ1v) is 7.26. The monoisotopic (exact) mass is 301 g/mol. The number of benzene rings is 1. The molecule has 1 heterocycles. The molecule has 1 aromatic rings. The lowest BCUT2D eigenvalue weighted by atomic mass is 9.87. The van der Waals surface area contributed by atoms with E-state index in [4.69, 9.17) is 0 Å². The Balaban J connectivity index is 1.95.